The lowest BCUT2D eigenvalue weighted by Gasteiger charge is -2.34. The van der Waals surface area contributed by atoms with Gasteiger partial charge in [-0.3, -0.25) is 0 Å². The molecular weight excluding hydrogens is 374 g/mol. The standard InChI is InChI=1S/C25H35N3O2/c1-19(18-25(2,3)20-8-6-5-7-9-20)26-24(29)27-21-14-16-28(17-15-21)22-10-12-23(30-4)13-11-22/h5-13,19,21H,14-18H2,1-4H3,(H2,26,27,29). The van der Waals surface area contributed by atoms with Crippen molar-refractivity contribution in [2.75, 3.05) is 25.1 Å². The summed E-state index contributed by atoms with van der Waals surface area (Å²) in [5, 5.41) is 6.30. The summed E-state index contributed by atoms with van der Waals surface area (Å²) in [5.41, 5.74) is 2.51. The maximum Gasteiger partial charge on any atom is 0.315 e. The Morgan fingerprint density at radius 3 is 2.33 bits per heavy atom. The molecule has 1 unspecified atom stereocenters. The van der Waals surface area contributed by atoms with Gasteiger partial charge in [0.2, 0.25) is 0 Å². The molecule has 1 aliphatic heterocycles. The van der Waals surface area contributed by atoms with E-state index < -0.39 is 0 Å². The highest BCUT2D eigenvalue weighted by molar-refractivity contribution is 5.74. The number of methoxy groups -OCH3 is 1. The number of urea groups is 1. The number of benzene rings is 2. The van der Waals surface area contributed by atoms with Gasteiger partial charge in [0.05, 0.1) is 7.11 Å². The van der Waals surface area contributed by atoms with Gasteiger partial charge < -0.3 is 20.3 Å². The molecule has 1 heterocycles. The molecule has 0 aliphatic carbocycles. The number of amides is 2. The van der Waals surface area contributed by atoms with E-state index in [0.29, 0.717) is 0 Å². The fourth-order valence-electron chi connectivity index (χ4n) is 4.35. The number of carbonyl (C=O) groups is 1. The van der Waals surface area contributed by atoms with E-state index in [-0.39, 0.29) is 23.5 Å². The second-order valence-electron chi connectivity index (χ2n) is 8.93. The zero-order valence-electron chi connectivity index (χ0n) is 18.7. The smallest absolute Gasteiger partial charge is 0.315 e. The second-order valence-corrected chi connectivity index (χ2v) is 8.93. The van der Waals surface area contributed by atoms with Gasteiger partial charge in [-0.2, -0.15) is 0 Å². The van der Waals surface area contributed by atoms with Crippen LogP contribution in [-0.4, -0.2) is 38.3 Å². The molecule has 2 aromatic rings. The maximum atomic E-state index is 12.5. The Morgan fingerprint density at radius 1 is 1.10 bits per heavy atom. The zero-order valence-corrected chi connectivity index (χ0v) is 18.7. The molecule has 3 rings (SSSR count). The highest BCUT2D eigenvalue weighted by Crippen LogP contribution is 2.28. The summed E-state index contributed by atoms with van der Waals surface area (Å²) in [6.45, 7) is 8.42. The van der Waals surface area contributed by atoms with Crippen LogP contribution in [0, 0.1) is 0 Å². The molecule has 1 aliphatic rings. The van der Waals surface area contributed by atoms with Crippen molar-refractivity contribution in [1.29, 1.82) is 0 Å². The van der Waals surface area contributed by atoms with Crippen LogP contribution in [0.25, 0.3) is 0 Å². The first-order valence-corrected chi connectivity index (χ1v) is 10.9. The SMILES string of the molecule is COc1ccc(N2CCC(NC(=O)NC(C)CC(C)(C)c3ccccc3)CC2)cc1. The van der Waals surface area contributed by atoms with Crippen molar-refractivity contribution in [2.45, 2.75) is 57.5 Å². The summed E-state index contributed by atoms with van der Waals surface area (Å²) in [6.07, 6.45) is 2.78. The molecule has 162 valence electrons. The first-order chi connectivity index (χ1) is 14.4. The Bertz CT molecular complexity index is 797. The van der Waals surface area contributed by atoms with E-state index >= 15 is 0 Å². The molecule has 0 spiro atoms. The van der Waals surface area contributed by atoms with Gasteiger partial charge in [-0.15, -0.1) is 0 Å². The van der Waals surface area contributed by atoms with Gasteiger partial charge in [-0.1, -0.05) is 44.2 Å². The Hall–Kier alpha value is -2.69. The fraction of sp³-hybridized carbons (Fsp3) is 0.480. The van der Waals surface area contributed by atoms with Gasteiger partial charge in [0.15, 0.2) is 0 Å². The van der Waals surface area contributed by atoms with Crippen molar-refractivity contribution in [3.8, 4) is 5.75 Å². The molecule has 0 aromatic heterocycles. The lowest BCUT2D eigenvalue weighted by atomic mass is 9.79. The molecule has 1 saturated heterocycles. The van der Waals surface area contributed by atoms with E-state index in [9.17, 15) is 4.79 Å². The summed E-state index contributed by atoms with van der Waals surface area (Å²) in [7, 11) is 1.68. The van der Waals surface area contributed by atoms with E-state index in [2.05, 4.69) is 72.7 Å². The highest BCUT2D eigenvalue weighted by atomic mass is 16.5. The van der Waals surface area contributed by atoms with E-state index in [1.54, 1.807) is 7.11 Å². The predicted octanol–water partition coefficient (Wildman–Crippen LogP) is 4.72. The third-order valence-electron chi connectivity index (χ3n) is 6.02. The molecule has 5 nitrogen and oxygen atoms in total. The number of anilines is 1. The number of hydrogen-bond acceptors (Lipinski definition) is 3. The maximum absolute atomic E-state index is 12.5. The molecule has 1 fully saturated rings. The van der Waals surface area contributed by atoms with Crippen LogP contribution in [0.2, 0.25) is 0 Å². The van der Waals surface area contributed by atoms with Gasteiger partial charge >= 0.3 is 6.03 Å². The van der Waals surface area contributed by atoms with Gasteiger partial charge in [0.25, 0.3) is 0 Å². The molecule has 5 heteroatoms. The second kappa shape index (κ2) is 9.88. The van der Waals surface area contributed by atoms with Gasteiger partial charge in [0, 0.05) is 30.9 Å². The third kappa shape index (κ3) is 5.91. The van der Waals surface area contributed by atoms with Crippen molar-refractivity contribution in [3.05, 3.63) is 60.2 Å². The molecule has 0 radical (unpaired) electrons. The van der Waals surface area contributed by atoms with Crippen molar-refractivity contribution in [2.24, 2.45) is 0 Å². The largest absolute Gasteiger partial charge is 0.497 e. The average molecular weight is 410 g/mol. The topological polar surface area (TPSA) is 53.6 Å². The quantitative estimate of drug-likeness (QED) is 0.696. The minimum absolute atomic E-state index is 0.0116. The van der Waals surface area contributed by atoms with Crippen LogP contribution in [-0.2, 0) is 5.41 Å². The van der Waals surface area contributed by atoms with Crippen molar-refractivity contribution < 1.29 is 9.53 Å². The monoisotopic (exact) mass is 409 g/mol. The first-order valence-electron chi connectivity index (χ1n) is 10.9. The third-order valence-corrected chi connectivity index (χ3v) is 6.02. The summed E-state index contributed by atoms with van der Waals surface area (Å²) in [5.74, 6) is 0.872. The van der Waals surface area contributed by atoms with Crippen LogP contribution in [0.1, 0.15) is 45.6 Å². The van der Waals surface area contributed by atoms with Gasteiger partial charge in [0.1, 0.15) is 5.75 Å². The number of ether oxygens (including phenoxy) is 1. The van der Waals surface area contributed by atoms with Gasteiger partial charge in [-0.25, -0.2) is 4.79 Å². The minimum atomic E-state index is -0.0609. The number of nitrogens with one attached hydrogen (secondary N) is 2. The zero-order chi connectivity index (χ0) is 21.6. The highest BCUT2D eigenvalue weighted by Gasteiger charge is 2.25. The predicted molar refractivity (Wildman–Crippen MR) is 123 cm³/mol. The minimum Gasteiger partial charge on any atom is -0.497 e. The van der Waals surface area contributed by atoms with Gasteiger partial charge in [-0.05, 0) is 61.4 Å². The first kappa shape index (κ1) is 22.0. The van der Waals surface area contributed by atoms with Crippen molar-refractivity contribution in [1.82, 2.24) is 10.6 Å². The van der Waals surface area contributed by atoms with Crippen LogP contribution >= 0.6 is 0 Å². The molecule has 0 saturated carbocycles. The number of carbonyl (C=O) groups excluding carboxylic acids is 1. The molecule has 2 N–H and O–H groups in total. The Balaban J connectivity index is 1.43. The molecule has 1 atom stereocenters. The van der Waals surface area contributed by atoms with Crippen LogP contribution in [0.4, 0.5) is 10.5 Å². The fourth-order valence-corrected chi connectivity index (χ4v) is 4.35. The van der Waals surface area contributed by atoms with Crippen molar-refractivity contribution in [3.63, 3.8) is 0 Å². The molecule has 2 amide bonds. The lowest BCUT2D eigenvalue weighted by molar-refractivity contribution is 0.228. The van der Waals surface area contributed by atoms with E-state index in [0.717, 1.165) is 38.1 Å². The van der Waals surface area contributed by atoms with E-state index in [1.807, 2.05) is 18.2 Å². The number of nitrogens with zero attached hydrogens (tertiary/aromatic N) is 1. The van der Waals surface area contributed by atoms with E-state index in [1.165, 1.54) is 11.3 Å². The number of rotatable bonds is 7. The van der Waals surface area contributed by atoms with Crippen LogP contribution in [0.5, 0.6) is 5.75 Å². The Labute approximate surface area is 180 Å². The molecular formula is C25H35N3O2. The molecule has 0 bridgehead atoms. The van der Waals surface area contributed by atoms with E-state index in [4.69, 9.17) is 4.74 Å². The summed E-state index contributed by atoms with van der Waals surface area (Å²) in [4.78, 5) is 14.9. The van der Waals surface area contributed by atoms with Crippen LogP contribution in [0.15, 0.2) is 54.6 Å². The average Bonchev–Trinajstić information content (AvgIpc) is 2.74. The molecule has 30 heavy (non-hydrogen) atoms. The van der Waals surface area contributed by atoms with Crippen LogP contribution in [0.3, 0.4) is 0 Å². The normalized spacial score (nSPS) is 16.1. The molecule has 2 aromatic carbocycles. The summed E-state index contributed by atoms with van der Waals surface area (Å²) < 4.78 is 5.23. The summed E-state index contributed by atoms with van der Waals surface area (Å²) in [6, 6.07) is 18.9. The number of hydrogen-bond donors (Lipinski definition) is 2. The summed E-state index contributed by atoms with van der Waals surface area (Å²) >= 11 is 0. The van der Waals surface area contributed by atoms with Crippen molar-refractivity contribution >= 4 is 11.7 Å². The lowest BCUT2D eigenvalue weighted by Crippen LogP contribution is -2.50. The Morgan fingerprint density at radius 2 is 1.73 bits per heavy atom. The van der Waals surface area contributed by atoms with Crippen LogP contribution < -0.4 is 20.3 Å². The Kier molecular flexibility index (Phi) is 7.24. The number of piperidine rings is 1.